The van der Waals surface area contributed by atoms with Crippen molar-refractivity contribution in [1.29, 1.82) is 0 Å². The molecule has 3 rings (SSSR count). The van der Waals surface area contributed by atoms with E-state index in [0.29, 0.717) is 6.54 Å². The molecule has 0 atom stereocenters. The molecule has 1 aromatic carbocycles. The number of piperazine rings is 1. The molecule has 0 unspecified atom stereocenters. The zero-order valence-electron chi connectivity index (χ0n) is 15.2. The number of carbonyl (C=O) groups is 1. The molecule has 25 heavy (non-hydrogen) atoms. The van der Waals surface area contributed by atoms with Crippen molar-refractivity contribution in [3.63, 3.8) is 0 Å². The van der Waals surface area contributed by atoms with Gasteiger partial charge in [0.15, 0.2) is 11.5 Å². The van der Waals surface area contributed by atoms with Crippen molar-refractivity contribution in [2.24, 2.45) is 0 Å². The van der Waals surface area contributed by atoms with Gasteiger partial charge < -0.3 is 24.6 Å². The monoisotopic (exact) mass is 348 g/mol. The molecule has 1 fully saturated rings. The molecule has 0 saturated carbocycles. The van der Waals surface area contributed by atoms with Crippen LogP contribution in [0.2, 0.25) is 0 Å². The molecular formula is C18H28N4O3. The van der Waals surface area contributed by atoms with Gasteiger partial charge in [-0.25, -0.2) is 4.79 Å². The van der Waals surface area contributed by atoms with Crippen molar-refractivity contribution in [2.75, 3.05) is 60.2 Å². The smallest absolute Gasteiger partial charge is 0.317 e. The normalized spacial score (nSPS) is 17.2. The third kappa shape index (κ3) is 4.99. The van der Waals surface area contributed by atoms with E-state index in [9.17, 15) is 4.79 Å². The van der Waals surface area contributed by atoms with Crippen molar-refractivity contribution in [2.45, 2.75) is 13.0 Å². The van der Waals surface area contributed by atoms with Crippen LogP contribution in [0.1, 0.15) is 12.0 Å². The highest BCUT2D eigenvalue weighted by molar-refractivity contribution is 5.74. The maximum absolute atomic E-state index is 12.3. The number of hydrogen-bond acceptors (Lipinski definition) is 5. The minimum Gasteiger partial charge on any atom is -0.454 e. The van der Waals surface area contributed by atoms with Crippen LogP contribution < -0.4 is 14.8 Å². The summed E-state index contributed by atoms with van der Waals surface area (Å²) in [5.41, 5.74) is 1.01. The predicted octanol–water partition coefficient (Wildman–Crippen LogP) is 1.19. The zero-order chi connectivity index (χ0) is 17.6. The van der Waals surface area contributed by atoms with Gasteiger partial charge in [-0.15, -0.1) is 0 Å². The van der Waals surface area contributed by atoms with Crippen LogP contribution in [-0.4, -0.2) is 80.9 Å². The Morgan fingerprint density at radius 1 is 1.16 bits per heavy atom. The minimum absolute atomic E-state index is 0.00519. The van der Waals surface area contributed by atoms with Gasteiger partial charge >= 0.3 is 6.03 Å². The second-order valence-electron chi connectivity index (χ2n) is 6.83. The number of nitrogens with zero attached hydrogens (tertiary/aromatic N) is 3. The van der Waals surface area contributed by atoms with E-state index in [1.165, 1.54) is 6.42 Å². The van der Waals surface area contributed by atoms with Gasteiger partial charge in [0.2, 0.25) is 6.79 Å². The largest absolute Gasteiger partial charge is 0.454 e. The fourth-order valence-electron chi connectivity index (χ4n) is 3.13. The standard InChI is InChI=1S/C18H28N4O3/c1-20(2)6-3-7-21-8-10-22(11-9-21)18(23)19-13-15-4-5-16-17(12-15)25-14-24-16/h4-5,12H,3,6-11,13-14H2,1-2H3,(H,19,23). The van der Waals surface area contributed by atoms with E-state index in [1.807, 2.05) is 23.1 Å². The molecule has 0 bridgehead atoms. The molecule has 0 radical (unpaired) electrons. The number of amides is 2. The lowest BCUT2D eigenvalue weighted by atomic mass is 10.2. The fraction of sp³-hybridized carbons (Fsp3) is 0.611. The Hall–Kier alpha value is -1.99. The molecule has 138 valence electrons. The van der Waals surface area contributed by atoms with Gasteiger partial charge in [0.25, 0.3) is 0 Å². The summed E-state index contributed by atoms with van der Waals surface area (Å²) in [6.45, 7) is 6.45. The molecule has 1 aromatic rings. The minimum atomic E-state index is 0.00519. The molecule has 0 aromatic heterocycles. The molecule has 2 aliphatic heterocycles. The zero-order valence-corrected chi connectivity index (χ0v) is 15.2. The van der Waals surface area contributed by atoms with Crippen LogP contribution >= 0.6 is 0 Å². The highest BCUT2D eigenvalue weighted by Gasteiger charge is 2.21. The summed E-state index contributed by atoms with van der Waals surface area (Å²) in [6, 6.07) is 5.77. The Morgan fingerprint density at radius 3 is 2.68 bits per heavy atom. The Morgan fingerprint density at radius 2 is 1.92 bits per heavy atom. The van der Waals surface area contributed by atoms with E-state index in [2.05, 4.69) is 29.2 Å². The van der Waals surface area contributed by atoms with Gasteiger partial charge in [-0.1, -0.05) is 6.07 Å². The number of ether oxygens (including phenoxy) is 2. The van der Waals surface area contributed by atoms with Gasteiger partial charge in [0.1, 0.15) is 0 Å². The maximum atomic E-state index is 12.3. The quantitative estimate of drug-likeness (QED) is 0.837. The van der Waals surface area contributed by atoms with Gasteiger partial charge in [0, 0.05) is 32.7 Å². The molecule has 2 heterocycles. The summed E-state index contributed by atoms with van der Waals surface area (Å²) < 4.78 is 10.7. The first-order chi connectivity index (χ1) is 12.1. The number of fused-ring (bicyclic) bond motifs is 1. The van der Waals surface area contributed by atoms with E-state index in [0.717, 1.165) is 56.3 Å². The third-order valence-electron chi connectivity index (χ3n) is 4.62. The van der Waals surface area contributed by atoms with Crippen molar-refractivity contribution in [1.82, 2.24) is 20.0 Å². The first-order valence-electron chi connectivity index (χ1n) is 8.90. The van der Waals surface area contributed by atoms with Gasteiger partial charge in [-0.2, -0.15) is 0 Å². The van der Waals surface area contributed by atoms with E-state index in [-0.39, 0.29) is 12.8 Å². The van der Waals surface area contributed by atoms with Gasteiger partial charge in [-0.05, 0) is 51.3 Å². The lowest BCUT2D eigenvalue weighted by molar-refractivity contribution is 0.136. The SMILES string of the molecule is CN(C)CCCN1CCN(C(=O)NCc2ccc3c(c2)OCO3)CC1. The van der Waals surface area contributed by atoms with Crippen LogP contribution in [0.15, 0.2) is 18.2 Å². The van der Waals surface area contributed by atoms with E-state index in [1.54, 1.807) is 0 Å². The Bertz CT molecular complexity index is 586. The summed E-state index contributed by atoms with van der Waals surface area (Å²) in [6.07, 6.45) is 1.17. The average molecular weight is 348 g/mol. The number of carbonyl (C=O) groups excluding carboxylic acids is 1. The first kappa shape index (κ1) is 17.8. The van der Waals surface area contributed by atoms with Crippen LogP contribution in [-0.2, 0) is 6.54 Å². The van der Waals surface area contributed by atoms with Crippen LogP contribution in [0.4, 0.5) is 4.79 Å². The van der Waals surface area contributed by atoms with Crippen molar-refractivity contribution in [3.05, 3.63) is 23.8 Å². The summed E-state index contributed by atoms with van der Waals surface area (Å²) in [4.78, 5) is 18.9. The number of rotatable bonds is 6. The first-order valence-corrected chi connectivity index (χ1v) is 8.90. The van der Waals surface area contributed by atoms with E-state index < -0.39 is 0 Å². The molecule has 1 saturated heterocycles. The van der Waals surface area contributed by atoms with Crippen molar-refractivity contribution in [3.8, 4) is 11.5 Å². The maximum Gasteiger partial charge on any atom is 0.317 e. The number of urea groups is 1. The molecule has 1 N–H and O–H groups in total. The summed E-state index contributed by atoms with van der Waals surface area (Å²) in [5.74, 6) is 1.51. The number of hydrogen-bond donors (Lipinski definition) is 1. The van der Waals surface area contributed by atoms with Crippen LogP contribution in [0.3, 0.4) is 0 Å². The summed E-state index contributed by atoms with van der Waals surface area (Å²) >= 11 is 0. The van der Waals surface area contributed by atoms with E-state index >= 15 is 0 Å². The second kappa shape index (κ2) is 8.40. The Labute approximate surface area is 149 Å². The van der Waals surface area contributed by atoms with Crippen LogP contribution in [0, 0.1) is 0 Å². The Kier molecular flexibility index (Phi) is 5.99. The van der Waals surface area contributed by atoms with Crippen LogP contribution in [0.5, 0.6) is 11.5 Å². The molecular weight excluding hydrogens is 320 g/mol. The molecule has 0 aliphatic carbocycles. The average Bonchev–Trinajstić information content (AvgIpc) is 3.07. The molecule has 7 heteroatoms. The van der Waals surface area contributed by atoms with Gasteiger partial charge in [0.05, 0.1) is 0 Å². The number of nitrogens with one attached hydrogen (secondary N) is 1. The topological polar surface area (TPSA) is 57.3 Å². The van der Waals surface area contributed by atoms with Crippen LogP contribution in [0.25, 0.3) is 0 Å². The second-order valence-corrected chi connectivity index (χ2v) is 6.83. The highest BCUT2D eigenvalue weighted by atomic mass is 16.7. The molecule has 2 aliphatic rings. The molecule has 0 spiro atoms. The lowest BCUT2D eigenvalue weighted by Crippen LogP contribution is -2.51. The third-order valence-corrected chi connectivity index (χ3v) is 4.62. The molecule has 7 nitrogen and oxygen atoms in total. The fourth-order valence-corrected chi connectivity index (χ4v) is 3.13. The van der Waals surface area contributed by atoms with Crippen molar-refractivity contribution < 1.29 is 14.3 Å². The lowest BCUT2D eigenvalue weighted by Gasteiger charge is -2.34. The molecule has 2 amide bonds. The number of benzene rings is 1. The van der Waals surface area contributed by atoms with Gasteiger partial charge in [-0.3, -0.25) is 4.90 Å². The summed E-state index contributed by atoms with van der Waals surface area (Å²) in [7, 11) is 4.20. The van der Waals surface area contributed by atoms with Crippen molar-refractivity contribution >= 4 is 6.03 Å². The predicted molar refractivity (Wildman–Crippen MR) is 96.0 cm³/mol. The van der Waals surface area contributed by atoms with E-state index in [4.69, 9.17) is 9.47 Å². The Balaban J connectivity index is 1.38. The highest BCUT2D eigenvalue weighted by Crippen LogP contribution is 2.32. The summed E-state index contributed by atoms with van der Waals surface area (Å²) in [5, 5.41) is 3.00.